The van der Waals surface area contributed by atoms with Crippen molar-refractivity contribution in [2.45, 2.75) is 26.9 Å². The number of methoxy groups -OCH3 is 1. The SMILES string of the molecule is CCNC(=NCc1ccc(C)cc1OC)NCc1nc(-c2cccc(Cl)c2)no1.I. The average molecular weight is 542 g/mol. The summed E-state index contributed by atoms with van der Waals surface area (Å²) in [4.78, 5) is 9.03. The molecule has 0 saturated carbocycles. The number of hydrogen-bond acceptors (Lipinski definition) is 5. The van der Waals surface area contributed by atoms with Crippen LogP contribution in [0.25, 0.3) is 11.4 Å². The summed E-state index contributed by atoms with van der Waals surface area (Å²) in [6.07, 6.45) is 0. The van der Waals surface area contributed by atoms with Gasteiger partial charge in [-0.3, -0.25) is 0 Å². The molecular formula is C21H25ClIN5O2. The summed E-state index contributed by atoms with van der Waals surface area (Å²) in [5.74, 6) is 2.43. The van der Waals surface area contributed by atoms with E-state index in [0.717, 1.165) is 29.0 Å². The van der Waals surface area contributed by atoms with Crippen LogP contribution in [0, 0.1) is 6.92 Å². The predicted molar refractivity (Wildman–Crippen MR) is 130 cm³/mol. The molecule has 0 unspecified atom stereocenters. The molecule has 3 aromatic rings. The van der Waals surface area contributed by atoms with Gasteiger partial charge in [0.15, 0.2) is 5.96 Å². The number of nitrogens with one attached hydrogen (secondary N) is 2. The smallest absolute Gasteiger partial charge is 0.246 e. The van der Waals surface area contributed by atoms with Gasteiger partial charge < -0.3 is 19.9 Å². The zero-order valence-corrected chi connectivity index (χ0v) is 20.2. The fourth-order valence-corrected chi connectivity index (χ4v) is 2.91. The molecule has 3 rings (SSSR count). The number of nitrogens with zero attached hydrogens (tertiary/aromatic N) is 3. The normalized spacial score (nSPS) is 11.0. The number of rotatable bonds is 7. The van der Waals surface area contributed by atoms with Gasteiger partial charge in [-0.05, 0) is 37.6 Å². The van der Waals surface area contributed by atoms with Crippen molar-refractivity contribution in [3.63, 3.8) is 0 Å². The first-order chi connectivity index (χ1) is 14.1. The first-order valence-corrected chi connectivity index (χ1v) is 9.71. The van der Waals surface area contributed by atoms with E-state index in [9.17, 15) is 0 Å². The van der Waals surface area contributed by atoms with Gasteiger partial charge in [-0.25, -0.2) is 4.99 Å². The summed E-state index contributed by atoms with van der Waals surface area (Å²) in [7, 11) is 1.67. The molecule has 30 heavy (non-hydrogen) atoms. The number of aliphatic imine (C=N–C) groups is 1. The molecule has 0 bridgehead atoms. The van der Waals surface area contributed by atoms with Crippen LogP contribution < -0.4 is 15.4 Å². The highest BCUT2D eigenvalue weighted by Gasteiger charge is 2.10. The minimum Gasteiger partial charge on any atom is -0.496 e. The van der Waals surface area contributed by atoms with Crippen LogP contribution in [-0.4, -0.2) is 29.8 Å². The second-order valence-electron chi connectivity index (χ2n) is 6.39. The standard InChI is InChI=1S/C21H24ClN5O2.HI/c1-4-23-21(24-12-16-9-8-14(2)10-18(16)28-3)25-13-19-26-20(27-29-19)15-6-5-7-17(22)11-15;/h5-11H,4,12-13H2,1-3H3,(H2,23,24,25);1H. The van der Waals surface area contributed by atoms with E-state index in [1.807, 2.05) is 44.2 Å². The minimum atomic E-state index is 0. The first kappa shape index (κ1) is 23.9. The summed E-state index contributed by atoms with van der Waals surface area (Å²) in [5, 5.41) is 11.1. The molecule has 0 aliphatic heterocycles. The molecule has 0 amide bonds. The van der Waals surface area contributed by atoms with Crippen molar-refractivity contribution in [1.82, 2.24) is 20.8 Å². The van der Waals surface area contributed by atoms with Crippen molar-refractivity contribution in [3.8, 4) is 17.1 Å². The first-order valence-electron chi connectivity index (χ1n) is 9.33. The molecular weight excluding hydrogens is 517 g/mol. The van der Waals surface area contributed by atoms with Crippen molar-refractivity contribution in [2.24, 2.45) is 4.99 Å². The highest BCUT2D eigenvalue weighted by molar-refractivity contribution is 14.0. The molecule has 0 saturated heterocycles. The monoisotopic (exact) mass is 541 g/mol. The van der Waals surface area contributed by atoms with Gasteiger partial charge in [-0.1, -0.05) is 41.0 Å². The van der Waals surface area contributed by atoms with Crippen LogP contribution in [0.2, 0.25) is 5.02 Å². The summed E-state index contributed by atoms with van der Waals surface area (Å²) >= 11 is 6.02. The van der Waals surface area contributed by atoms with Gasteiger partial charge in [0.05, 0.1) is 20.2 Å². The maximum atomic E-state index is 6.02. The highest BCUT2D eigenvalue weighted by Crippen LogP contribution is 2.21. The lowest BCUT2D eigenvalue weighted by Crippen LogP contribution is -2.36. The van der Waals surface area contributed by atoms with Crippen LogP contribution in [0.5, 0.6) is 5.75 Å². The van der Waals surface area contributed by atoms with E-state index in [4.69, 9.17) is 20.9 Å². The number of ether oxygens (including phenoxy) is 1. The van der Waals surface area contributed by atoms with Gasteiger partial charge >= 0.3 is 0 Å². The molecule has 0 atom stereocenters. The maximum Gasteiger partial charge on any atom is 0.246 e. The lowest BCUT2D eigenvalue weighted by molar-refractivity contribution is 0.375. The number of aromatic nitrogens is 2. The maximum absolute atomic E-state index is 6.02. The van der Waals surface area contributed by atoms with Crippen molar-refractivity contribution >= 4 is 41.5 Å². The Bertz CT molecular complexity index is 993. The van der Waals surface area contributed by atoms with Crippen LogP contribution in [0.1, 0.15) is 23.9 Å². The molecule has 0 spiro atoms. The Morgan fingerprint density at radius 3 is 2.77 bits per heavy atom. The third-order valence-corrected chi connectivity index (χ3v) is 4.39. The van der Waals surface area contributed by atoms with Crippen LogP contribution in [0.3, 0.4) is 0 Å². The molecule has 9 heteroatoms. The second kappa shape index (κ2) is 11.8. The lowest BCUT2D eigenvalue weighted by Gasteiger charge is -2.11. The van der Waals surface area contributed by atoms with E-state index in [-0.39, 0.29) is 24.0 Å². The Labute approximate surface area is 198 Å². The topological polar surface area (TPSA) is 84.6 Å². The number of hydrogen-bond donors (Lipinski definition) is 2. The third-order valence-electron chi connectivity index (χ3n) is 4.15. The highest BCUT2D eigenvalue weighted by atomic mass is 127. The number of guanidine groups is 1. The fraction of sp³-hybridized carbons (Fsp3) is 0.286. The van der Waals surface area contributed by atoms with Crippen molar-refractivity contribution in [3.05, 3.63) is 64.5 Å². The Kier molecular flexibility index (Phi) is 9.38. The Balaban J connectivity index is 0.00000320. The van der Waals surface area contributed by atoms with Crippen LogP contribution in [0.4, 0.5) is 0 Å². The average Bonchev–Trinajstić information content (AvgIpc) is 3.20. The molecule has 7 nitrogen and oxygen atoms in total. The summed E-state index contributed by atoms with van der Waals surface area (Å²) in [5.41, 5.74) is 2.96. The zero-order chi connectivity index (χ0) is 20.6. The molecule has 2 aromatic carbocycles. The van der Waals surface area contributed by atoms with Crippen molar-refractivity contribution in [2.75, 3.05) is 13.7 Å². The summed E-state index contributed by atoms with van der Waals surface area (Å²) < 4.78 is 10.8. The molecule has 1 aromatic heterocycles. The van der Waals surface area contributed by atoms with Crippen LogP contribution in [0.15, 0.2) is 52.0 Å². The molecule has 160 valence electrons. The molecule has 0 fully saturated rings. The Hall–Kier alpha value is -2.33. The quantitative estimate of drug-likeness (QED) is 0.259. The molecule has 0 radical (unpaired) electrons. The summed E-state index contributed by atoms with van der Waals surface area (Å²) in [6.45, 7) is 5.60. The van der Waals surface area contributed by atoms with E-state index in [2.05, 4.69) is 25.8 Å². The van der Waals surface area contributed by atoms with Crippen molar-refractivity contribution < 1.29 is 9.26 Å². The fourth-order valence-electron chi connectivity index (χ4n) is 2.72. The lowest BCUT2D eigenvalue weighted by atomic mass is 10.1. The molecule has 0 aliphatic carbocycles. The van der Waals surface area contributed by atoms with Crippen molar-refractivity contribution in [1.29, 1.82) is 0 Å². The van der Waals surface area contributed by atoms with Gasteiger partial charge in [0.2, 0.25) is 11.7 Å². The summed E-state index contributed by atoms with van der Waals surface area (Å²) in [6, 6.07) is 13.4. The van der Waals surface area contributed by atoms with Gasteiger partial charge in [0.1, 0.15) is 5.75 Å². The second-order valence-corrected chi connectivity index (χ2v) is 6.82. The van der Waals surface area contributed by atoms with Gasteiger partial charge in [-0.15, -0.1) is 24.0 Å². The number of benzene rings is 2. The number of halogens is 2. The van der Waals surface area contributed by atoms with Gasteiger partial charge in [0, 0.05) is 22.7 Å². The minimum absolute atomic E-state index is 0. The molecule has 0 aliphatic rings. The van der Waals surface area contributed by atoms with Crippen LogP contribution >= 0.6 is 35.6 Å². The van der Waals surface area contributed by atoms with E-state index >= 15 is 0 Å². The largest absolute Gasteiger partial charge is 0.496 e. The number of aryl methyl sites for hydroxylation is 1. The van der Waals surface area contributed by atoms with Gasteiger partial charge in [0.25, 0.3) is 0 Å². The predicted octanol–water partition coefficient (Wildman–Crippen LogP) is 4.58. The molecule has 2 N–H and O–H groups in total. The Morgan fingerprint density at radius 2 is 2.03 bits per heavy atom. The third kappa shape index (κ3) is 6.60. The van der Waals surface area contributed by atoms with E-state index in [1.165, 1.54) is 0 Å². The zero-order valence-electron chi connectivity index (χ0n) is 17.1. The van der Waals surface area contributed by atoms with E-state index < -0.39 is 0 Å². The van der Waals surface area contributed by atoms with Crippen LogP contribution in [-0.2, 0) is 13.1 Å². The molecule has 1 heterocycles. The van der Waals surface area contributed by atoms with E-state index in [1.54, 1.807) is 19.2 Å². The van der Waals surface area contributed by atoms with Gasteiger partial charge in [-0.2, -0.15) is 4.98 Å². The van der Waals surface area contributed by atoms with E-state index in [0.29, 0.717) is 35.8 Å². The Morgan fingerprint density at radius 1 is 1.20 bits per heavy atom.